The Balaban J connectivity index is 2.22. The summed E-state index contributed by atoms with van der Waals surface area (Å²) in [4.78, 5) is 22.6. The molecule has 0 bridgehead atoms. The van der Waals surface area contributed by atoms with Crippen LogP contribution in [0.5, 0.6) is 0 Å². The molecular weight excluding hydrogens is 230 g/mol. The minimum atomic E-state index is -0.390. The van der Waals surface area contributed by atoms with Gasteiger partial charge in [-0.3, -0.25) is 4.79 Å². The number of ether oxygens (including phenoxy) is 1. The summed E-state index contributed by atoms with van der Waals surface area (Å²) >= 11 is 0. The number of Topliss-reactive ketones (excluding diaryl/α,β-unsaturated/α-hetero) is 1. The predicted octanol–water partition coefficient (Wildman–Crippen LogP) is 3.03. The van der Waals surface area contributed by atoms with Gasteiger partial charge < -0.3 is 10.1 Å². The van der Waals surface area contributed by atoms with Crippen molar-refractivity contribution in [1.82, 2.24) is 5.32 Å². The van der Waals surface area contributed by atoms with Crippen LogP contribution in [0.2, 0.25) is 0 Å². The molecule has 4 nitrogen and oxygen atoms in total. The Bertz CT molecular complexity index is 328. The van der Waals surface area contributed by atoms with Gasteiger partial charge in [0, 0.05) is 12.5 Å². The third-order valence-corrected chi connectivity index (χ3v) is 3.62. The monoisotopic (exact) mass is 253 g/mol. The average molecular weight is 253 g/mol. The number of ketones is 1. The van der Waals surface area contributed by atoms with Crippen molar-refractivity contribution in [3.05, 3.63) is 11.8 Å². The van der Waals surface area contributed by atoms with E-state index in [0.717, 1.165) is 25.7 Å². The number of amides is 1. The van der Waals surface area contributed by atoms with Crippen LogP contribution in [-0.2, 0) is 9.53 Å². The van der Waals surface area contributed by atoms with Crippen LogP contribution < -0.4 is 5.32 Å². The summed E-state index contributed by atoms with van der Waals surface area (Å²) in [5.74, 6) is 1.61. The van der Waals surface area contributed by atoms with Crippen LogP contribution in [0.15, 0.2) is 11.8 Å². The smallest absolute Gasteiger partial charge is 0.412 e. The van der Waals surface area contributed by atoms with E-state index in [1.165, 1.54) is 0 Å². The third-order valence-electron chi connectivity index (χ3n) is 3.62. The maximum absolute atomic E-state index is 11.4. The number of alkyl carbamates (subject to hydrolysis) is 1. The molecule has 0 aromatic carbocycles. The average Bonchev–Trinajstić information content (AvgIpc) is 2.36. The Morgan fingerprint density at radius 1 is 1.22 bits per heavy atom. The largest absolute Gasteiger partial charge is 0.416 e. The van der Waals surface area contributed by atoms with Crippen LogP contribution in [0.3, 0.4) is 0 Å². The highest BCUT2D eigenvalue weighted by Crippen LogP contribution is 2.28. The SMILES string of the molecule is C/C=C(/C)OC(=O)NCC1CCC(C(C)=O)CC1. The molecule has 4 heteroatoms. The van der Waals surface area contributed by atoms with Crippen molar-refractivity contribution in [1.29, 1.82) is 0 Å². The van der Waals surface area contributed by atoms with Crippen LogP contribution in [-0.4, -0.2) is 18.4 Å². The molecule has 0 atom stereocenters. The van der Waals surface area contributed by atoms with E-state index in [9.17, 15) is 9.59 Å². The summed E-state index contributed by atoms with van der Waals surface area (Å²) < 4.78 is 5.01. The van der Waals surface area contributed by atoms with Gasteiger partial charge in [0.15, 0.2) is 0 Å². The maximum Gasteiger partial charge on any atom is 0.412 e. The van der Waals surface area contributed by atoms with E-state index in [1.54, 1.807) is 19.9 Å². The summed E-state index contributed by atoms with van der Waals surface area (Å²) in [6, 6.07) is 0. The number of hydrogen-bond donors (Lipinski definition) is 1. The molecule has 1 aliphatic carbocycles. The van der Waals surface area contributed by atoms with Crippen molar-refractivity contribution in [3.8, 4) is 0 Å². The van der Waals surface area contributed by atoms with Crippen LogP contribution in [0.4, 0.5) is 4.79 Å². The predicted molar refractivity (Wildman–Crippen MR) is 70.0 cm³/mol. The van der Waals surface area contributed by atoms with Gasteiger partial charge in [-0.15, -0.1) is 0 Å². The summed E-state index contributed by atoms with van der Waals surface area (Å²) in [6.45, 7) is 5.88. The van der Waals surface area contributed by atoms with E-state index in [-0.39, 0.29) is 12.0 Å². The summed E-state index contributed by atoms with van der Waals surface area (Å²) in [5, 5.41) is 2.77. The molecule has 1 saturated carbocycles. The number of hydrogen-bond acceptors (Lipinski definition) is 3. The summed E-state index contributed by atoms with van der Waals surface area (Å²) in [7, 11) is 0. The van der Waals surface area contributed by atoms with Gasteiger partial charge in [-0.2, -0.15) is 0 Å². The minimum Gasteiger partial charge on any atom is -0.416 e. The number of rotatable bonds is 4. The molecule has 1 rings (SSSR count). The molecule has 1 N–H and O–H groups in total. The maximum atomic E-state index is 11.4. The first-order valence-corrected chi connectivity index (χ1v) is 6.62. The first kappa shape index (κ1) is 14.7. The molecule has 0 saturated heterocycles. The van der Waals surface area contributed by atoms with Crippen LogP contribution in [0.25, 0.3) is 0 Å². The fourth-order valence-electron chi connectivity index (χ4n) is 2.24. The van der Waals surface area contributed by atoms with E-state index in [2.05, 4.69) is 5.32 Å². The second-order valence-electron chi connectivity index (χ2n) is 5.00. The molecule has 1 fully saturated rings. The normalized spacial score (nSPS) is 24.5. The van der Waals surface area contributed by atoms with Gasteiger partial charge in [-0.05, 0) is 58.4 Å². The van der Waals surface area contributed by atoms with Crippen LogP contribution in [0, 0.1) is 11.8 Å². The van der Waals surface area contributed by atoms with Crippen molar-refractivity contribution >= 4 is 11.9 Å². The first-order valence-electron chi connectivity index (χ1n) is 6.62. The van der Waals surface area contributed by atoms with E-state index >= 15 is 0 Å². The van der Waals surface area contributed by atoms with Crippen LogP contribution >= 0.6 is 0 Å². The number of allylic oxidation sites excluding steroid dienone is 2. The van der Waals surface area contributed by atoms with E-state index < -0.39 is 0 Å². The highest BCUT2D eigenvalue weighted by Gasteiger charge is 2.24. The Morgan fingerprint density at radius 2 is 1.83 bits per heavy atom. The third kappa shape index (κ3) is 4.90. The molecule has 1 amide bonds. The second kappa shape index (κ2) is 7.19. The van der Waals surface area contributed by atoms with Crippen molar-refractivity contribution in [3.63, 3.8) is 0 Å². The molecule has 0 radical (unpaired) electrons. The lowest BCUT2D eigenvalue weighted by Crippen LogP contribution is -2.32. The Morgan fingerprint density at radius 3 is 2.33 bits per heavy atom. The van der Waals surface area contributed by atoms with Gasteiger partial charge in [0.2, 0.25) is 0 Å². The molecule has 0 aliphatic heterocycles. The van der Waals surface area contributed by atoms with Crippen LogP contribution in [0.1, 0.15) is 46.5 Å². The molecule has 0 heterocycles. The fraction of sp³-hybridized carbons (Fsp3) is 0.714. The Labute approximate surface area is 109 Å². The summed E-state index contributed by atoms with van der Waals surface area (Å²) in [6.07, 6.45) is 5.27. The van der Waals surface area contributed by atoms with Gasteiger partial charge in [0.25, 0.3) is 0 Å². The Kier molecular flexibility index (Phi) is 5.89. The molecule has 102 valence electrons. The molecule has 1 aliphatic rings. The van der Waals surface area contributed by atoms with Crippen molar-refractivity contribution < 1.29 is 14.3 Å². The highest BCUT2D eigenvalue weighted by molar-refractivity contribution is 5.78. The van der Waals surface area contributed by atoms with Gasteiger partial charge in [0.05, 0.1) is 0 Å². The van der Waals surface area contributed by atoms with E-state index in [4.69, 9.17) is 4.74 Å². The number of nitrogens with one attached hydrogen (secondary N) is 1. The number of carbonyl (C=O) groups excluding carboxylic acids is 2. The molecule has 0 unspecified atom stereocenters. The lowest BCUT2D eigenvalue weighted by atomic mass is 9.80. The fourth-order valence-corrected chi connectivity index (χ4v) is 2.24. The molecular formula is C14H23NO3. The first-order chi connectivity index (χ1) is 8.52. The van der Waals surface area contributed by atoms with Crippen molar-refractivity contribution in [2.75, 3.05) is 6.54 Å². The lowest BCUT2D eigenvalue weighted by Gasteiger charge is -2.26. The van der Waals surface area contributed by atoms with Gasteiger partial charge in [0.1, 0.15) is 11.5 Å². The van der Waals surface area contributed by atoms with Gasteiger partial charge >= 0.3 is 6.09 Å². The molecule has 0 aromatic rings. The minimum absolute atomic E-state index is 0.235. The quantitative estimate of drug-likeness (QED) is 0.783. The molecule has 18 heavy (non-hydrogen) atoms. The van der Waals surface area contributed by atoms with Crippen molar-refractivity contribution in [2.24, 2.45) is 11.8 Å². The van der Waals surface area contributed by atoms with Gasteiger partial charge in [-0.1, -0.05) is 0 Å². The second-order valence-corrected chi connectivity index (χ2v) is 5.00. The zero-order valence-corrected chi connectivity index (χ0v) is 11.5. The van der Waals surface area contributed by atoms with Crippen molar-refractivity contribution in [2.45, 2.75) is 46.5 Å². The number of carbonyl (C=O) groups is 2. The summed E-state index contributed by atoms with van der Waals surface area (Å²) in [5.41, 5.74) is 0. The zero-order chi connectivity index (χ0) is 13.5. The molecule has 0 aromatic heterocycles. The van der Waals surface area contributed by atoms with Gasteiger partial charge in [-0.25, -0.2) is 4.79 Å². The van der Waals surface area contributed by atoms with E-state index in [0.29, 0.717) is 24.0 Å². The topological polar surface area (TPSA) is 55.4 Å². The Hall–Kier alpha value is -1.32. The standard InChI is InChI=1S/C14H23NO3/c1-4-10(2)18-14(17)15-9-12-5-7-13(8-6-12)11(3)16/h4,12-13H,5-9H2,1-3H3,(H,15,17)/b10-4-. The highest BCUT2D eigenvalue weighted by atomic mass is 16.6. The van der Waals surface area contributed by atoms with E-state index in [1.807, 2.05) is 6.92 Å². The lowest BCUT2D eigenvalue weighted by molar-refractivity contribution is -0.121. The molecule has 0 spiro atoms. The zero-order valence-electron chi connectivity index (χ0n) is 11.5.